The van der Waals surface area contributed by atoms with Gasteiger partial charge in [0, 0.05) is 32.2 Å². The molecule has 1 amide bonds. The molecule has 2 aromatic rings. The van der Waals surface area contributed by atoms with E-state index in [9.17, 15) is 15.0 Å². The molecule has 1 saturated heterocycles. The molecule has 8 nitrogen and oxygen atoms in total. The van der Waals surface area contributed by atoms with Crippen LogP contribution in [0.25, 0.3) is 0 Å². The topological polar surface area (TPSA) is 107 Å². The van der Waals surface area contributed by atoms with Crippen LogP contribution < -0.4 is 20.3 Å². The number of piperidine rings is 1. The summed E-state index contributed by atoms with van der Waals surface area (Å²) < 4.78 is 5.65. The van der Waals surface area contributed by atoms with Crippen molar-refractivity contribution >= 4 is 11.7 Å². The SMILES string of the molecule is CCOc1nc(N2CCC(O)CC2)ccc1C(=O)NCC(O)C1Cc2ccccc2CN1. The summed E-state index contributed by atoms with van der Waals surface area (Å²) in [5.41, 5.74) is 2.82. The van der Waals surface area contributed by atoms with E-state index in [2.05, 4.69) is 32.7 Å². The van der Waals surface area contributed by atoms with Crippen LogP contribution in [0.15, 0.2) is 36.4 Å². The fraction of sp³-hybridized carbons (Fsp3) is 0.500. The first kappa shape index (κ1) is 22.5. The quantitative estimate of drug-likeness (QED) is 0.513. The zero-order valence-electron chi connectivity index (χ0n) is 18.5. The minimum atomic E-state index is -0.713. The van der Waals surface area contributed by atoms with E-state index in [0.29, 0.717) is 31.6 Å². The molecule has 1 fully saturated rings. The van der Waals surface area contributed by atoms with Gasteiger partial charge >= 0.3 is 0 Å². The van der Waals surface area contributed by atoms with Crippen LogP contribution in [-0.4, -0.2) is 65.6 Å². The smallest absolute Gasteiger partial charge is 0.256 e. The Hall–Kier alpha value is -2.68. The molecule has 172 valence electrons. The van der Waals surface area contributed by atoms with Gasteiger partial charge < -0.3 is 30.5 Å². The highest BCUT2D eigenvalue weighted by Crippen LogP contribution is 2.24. The molecule has 4 N–H and O–H groups in total. The molecule has 2 unspecified atom stereocenters. The van der Waals surface area contributed by atoms with Crippen LogP contribution in [0.3, 0.4) is 0 Å². The number of nitrogens with one attached hydrogen (secondary N) is 2. The average Bonchev–Trinajstić information content (AvgIpc) is 2.82. The Balaban J connectivity index is 1.38. The highest BCUT2D eigenvalue weighted by molar-refractivity contribution is 5.96. The van der Waals surface area contributed by atoms with Crippen molar-refractivity contribution in [3.05, 3.63) is 53.1 Å². The van der Waals surface area contributed by atoms with Crippen molar-refractivity contribution in [2.75, 3.05) is 31.1 Å². The molecule has 4 rings (SSSR count). The second-order valence-electron chi connectivity index (χ2n) is 8.41. The van der Waals surface area contributed by atoms with Crippen molar-refractivity contribution in [2.45, 2.75) is 51.0 Å². The number of pyridine rings is 1. The monoisotopic (exact) mass is 440 g/mol. The highest BCUT2D eigenvalue weighted by atomic mass is 16.5. The van der Waals surface area contributed by atoms with E-state index in [4.69, 9.17) is 4.74 Å². The van der Waals surface area contributed by atoms with E-state index in [1.807, 2.05) is 25.1 Å². The number of fused-ring (bicyclic) bond motifs is 1. The van der Waals surface area contributed by atoms with E-state index in [1.165, 1.54) is 11.1 Å². The Labute approximate surface area is 188 Å². The maximum Gasteiger partial charge on any atom is 0.256 e. The Morgan fingerprint density at radius 1 is 1.25 bits per heavy atom. The fourth-order valence-corrected chi connectivity index (χ4v) is 4.31. The number of anilines is 1. The molecule has 2 aliphatic rings. The number of aromatic nitrogens is 1. The molecule has 0 spiro atoms. The minimum Gasteiger partial charge on any atom is -0.477 e. The molecule has 0 bridgehead atoms. The van der Waals surface area contributed by atoms with Crippen LogP contribution in [0.1, 0.15) is 41.3 Å². The van der Waals surface area contributed by atoms with Gasteiger partial charge in [-0.3, -0.25) is 4.79 Å². The molecule has 0 radical (unpaired) electrons. The lowest BCUT2D eigenvalue weighted by atomic mass is 9.93. The maximum absolute atomic E-state index is 12.8. The lowest BCUT2D eigenvalue weighted by molar-refractivity contribution is 0.0866. The normalized spacial score (nSPS) is 19.8. The average molecular weight is 441 g/mol. The summed E-state index contributed by atoms with van der Waals surface area (Å²) in [6, 6.07) is 11.6. The summed E-state index contributed by atoms with van der Waals surface area (Å²) in [5, 5.41) is 26.6. The maximum atomic E-state index is 12.8. The predicted octanol–water partition coefficient (Wildman–Crippen LogP) is 1.25. The zero-order valence-corrected chi connectivity index (χ0v) is 18.5. The van der Waals surface area contributed by atoms with Gasteiger partial charge in [0.15, 0.2) is 0 Å². The first-order valence-electron chi connectivity index (χ1n) is 11.4. The summed E-state index contributed by atoms with van der Waals surface area (Å²) in [6.07, 6.45) is 1.14. The third-order valence-electron chi connectivity index (χ3n) is 6.21. The van der Waals surface area contributed by atoms with Crippen LogP contribution >= 0.6 is 0 Å². The molecule has 1 aromatic heterocycles. The molecule has 3 heterocycles. The first-order valence-corrected chi connectivity index (χ1v) is 11.4. The van der Waals surface area contributed by atoms with Crippen molar-refractivity contribution < 1.29 is 19.7 Å². The van der Waals surface area contributed by atoms with Gasteiger partial charge in [0.2, 0.25) is 5.88 Å². The third kappa shape index (κ3) is 5.20. The Kier molecular flexibility index (Phi) is 7.24. The number of hydrogen-bond donors (Lipinski definition) is 4. The zero-order chi connectivity index (χ0) is 22.5. The van der Waals surface area contributed by atoms with Gasteiger partial charge in [-0.2, -0.15) is 4.98 Å². The molecule has 2 aliphatic heterocycles. The summed E-state index contributed by atoms with van der Waals surface area (Å²) in [6.45, 7) is 4.52. The summed E-state index contributed by atoms with van der Waals surface area (Å²) in [7, 11) is 0. The molecule has 0 saturated carbocycles. The van der Waals surface area contributed by atoms with Crippen molar-refractivity contribution in [3.63, 3.8) is 0 Å². The minimum absolute atomic E-state index is 0.119. The molecular formula is C24H32N4O4. The van der Waals surface area contributed by atoms with E-state index >= 15 is 0 Å². The largest absolute Gasteiger partial charge is 0.477 e. The van der Waals surface area contributed by atoms with Gasteiger partial charge in [0.05, 0.1) is 18.8 Å². The molecule has 32 heavy (non-hydrogen) atoms. The van der Waals surface area contributed by atoms with Crippen LogP contribution in [0, 0.1) is 0 Å². The van der Waals surface area contributed by atoms with Crippen LogP contribution in [-0.2, 0) is 13.0 Å². The number of amides is 1. The second-order valence-corrected chi connectivity index (χ2v) is 8.41. The number of carbonyl (C=O) groups excluding carboxylic acids is 1. The number of ether oxygens (including phenoxy) is 1. The lowest BCUT2D eigenvalue weighted by Crippen LogP contribution is -2.49. The van der Waals surface area contributed by atoms with Crippen LogP contribution in [0.2, 0.25) is 0 Å². The Morgan fingerprint density at radius 3 is 2.75 bits per heavy atom. The number of rotatable bonds is 7. The van der Waals surface area contributed by atoms with Gasteiger partial charge in [-0.25, -0.2) is 0 Å². The number of carbonyl (C=O) groups is 1. The van der Waals surface area contributed by atoms with Crippen LogP contribution in [0.5, 0.6) is 5.88 Å². The molecular weight excluding hydrogens is 408 g/mol. The number of aliphatic hydroxyl groups is 2. The molecule has 8 heteroatoms. The highest BCUT2D eigenvalue weighted by Gasteiger charge is 2.26. The Morgan fingerprint density at radius 2 is 2.00 bits per heavy atom. The van der Waals surface area contributed by atoms with Gasteiger partial charge in [-0.1, -0.05) is 24.3 Å². The number of aliphatic hydroxyl groups excluding tert-OH is 2. The van der Waals surface area contributed by atoms with Gasteiger partial charge in [0.25, 0.3) is 5.91 Å². The molecule has 0 aliphatic carbocycles. The third-order valence-corrected chi connectivity index (χ3v) is 6.21. The number of hydrogen-bond acceptors (Lipinski definition) is 7. The van der Waals surface area contributed by atoms with Crippen molar-refractivity contribution in [1.82, 2.24) is 15.6 Å². The molecule has 2 atom stereocenters. The van der Waals surface area contributed by atoms with Gasteiger partial charge in [0.1, 0.15) is 11.4 Å². The Bertz CT molecular complexity index is 930. The van der Waals surface area contributed by atoms with Crippen LogP contribution in [0.4, 0.5) is 5.82 Å². The van der Waals surface area contributed by atoms with Crippen molar-refractivity contribution in [1.29, 1.82) is 0 Å². The first-order chi connectivity index (χ1) is 15.5. The lowest BCUT2D eigenvalue weighted by Gasteiger charge is -2.31. The molecule has 1 aromatic carbocycles. The van der Waals surface area contributed by atoms with Gasteiger partial charge in [-0.15, -0.1) is 0 Å². The standard InChI is InChI=1S/C24H32N4O4/c1-2-32-24-19(7-8-22(27-24)28-11-9-18(29)10-12-28)23(31)26-15-21(30)20-13-16-5-3-4-6-17(16)14-25-20/h3-8,18,20-21,25,29-30H,2,9-15H2,1H3,(H,26,31). The predicted molar refractivity (Wildman–Crippen MR) is 122 cm³/mol. The van der Waals surface area contributed by atoms with E-state index in [0.717, 1.165) is 25.3 Å². The summed E-state index contributed by atoms with van der Waals surface area (Å²) in [5.74, 6) is 0.701. The number of benzene rings is 1. The summed E-state index contributed by atoms with van der Waals surface area (Å²) in [4.78, 5) is 19.5. The fourth-order valence-electron chi connectivity index (χ4n) is 4.31. The van der Waals surface area contributed by atoms with Gasteiger partial charge in [-0.05, 0) is 49.4 Å². The van der Waals surface area contributed by atoms with E-state index < -0.39 is 6.10 Å². The summed E-state index contributed by atoms with van der Waals surface area (Å²) >= 11 is 0. The number of nitrogens with zero attached hydrogens (tertiary/aromatic N) is 2. The van der Waals surface area contributed by atoms with E-state index in [1.54, 1.807) is 6.07 Å². The second kappa shape index (κ2) is 10.3. The van der Waals surface area contributed by atoms with E-state index in [-0.39, 0.29) is 30.5 Å². The van der Waals surface area contributed by atoms with Crippen molar-refractivity contribution in [3.8, 4) is 5.88 Å². The van der Waals surface area contributed by atoms with Crippen molar-refractivity contribution in [2.24, 2.45) is 0 Å².